The quantitative estimate of drug-likeness (QED) is 0.574. The second-order valence-electron chi connectivity index (χ2n) is 7.34. The first-order chi connectivity index (χ1) is 12.5. The molecule has 0 saturated carbocycles. The molecule has 2 aromatic rings. The van der Waals surface area contributed by atoms with Gasteiger partial charge in [-0.25, -0.2) is 4.79 Å². The molecule has 1 heterocycles. The lowest BCUT2D eigenvalue weighted by atomic mass is 9.88. The topological polar surface area (TPSA) is 79.9 Å². The number of rotatable bonds is 7. The molecular weight excluding hydrogens is 332 g/mol. The highest BCUT2D eigenvalue weighted by molar-refractivity contribution is 5.89. The molecule has 0 fully saturated rings. The maximum atomic E-state index is 12.3. The van der Waals surface area contributed by atoms with Gasteiger partial charge in [0.15, 0.2) is 0 Å². The van der Waals surface area contributed by atoms with Gasteiger partial charge in [0.2, 0.25) is 0 Å². The van der Waals surface area contributed by atoms with Crippen LogP contribution in [0.1, 0.15) is 63.5 Å². The van der Waals surface area contributed by atoms with E-state index in [4.69, 9.17) is 9.15 Å². The highest BCUT2D eigenvalue weighted by Gasteiger charge is 2.25. The van der Waals surface area contributed by atoms with Crippen LogP contribution in [0.4, 0.5) is 0 Å². The predicted molar refractivity (Wildman–Crippen MR) is 101 cm³/mol. The van der Waals surface area contributed by atoms with E-state index in [9.17, 15) is 15.0 Å². The minimum atomic E-state index is -0.494. The van der Waals surface area contributed by atoms with Crippen LogP contribution in [0.25, 0.3) is 11.0 Å². The van der Waals surface area contributed by atoms with Gasteiger partial charge < -0.3 is 19.4 Å². The molecule has 142 valence electrons. The van der Waals surface area contributed by atoms with E-state index in [2.05, 4.69) is 6.92 Å². The van der Waals surface area contributed by atoms with Crippen LogP contribution in [0, 0.1) is 0 Å². The van der Waals surface area contributed by atoms with Gasteiger partial charge in [-0.15, -0.1) is 0 Å². The predicted octanol–water partition coefficient (Wildman–Crippen LogP) is 4.09. The summed E-state index contributed by atoms with van der Waals surface area (Å²) < 4.78 is 11.4. The van der Waals surface area contributed by atoms with E-state index in [1.807, 2.05) is 6.92 Å². The fourth-order valence-electron chi connectivity index (χ4n) is 3.74. The van der Waals surface area contributed by atoms with Crippen molar-refractivity contribution in [1.29, 1.82) is 0 Å². The highest BCUT2D eigenvalue weighted by Crippen LogP contribution is 2.36. The number of hydrogen-bond acceptors (Lipinski definition) is 5. The smallest absolute Gasteiger partial charge is 0.339 e. The molecule has 2 N–H and O–H groups in total. The van der Waals surface area contributed by atoms with Crippen molar-refractivity contribution in [1.82, 2.24) is 0 Å². The van der Waals surface area contributed by atoms with Crippen molar-refractivity contribution in [2.45, 2.75) is 77.4 Å². The molecule has 26 heavy (non-hydrogen) atoms. The van der Waals surface area contributed by atoms with Gasteiger partial charge >= 0.3 is 5.63 Å². The van der Waals surface area contributed by atoms with Gasteiger partial charge in [0.1, 0.15) is 17.1 Å². The number of ether oxygens (including phenoxy) is 1. The zero-order valence-electron chi connectivity index (χ0n) is 15.6. The first kappa shape index (κ1) is 18.8. The van der Waals surface area contributed by atoms with Crippen molar-refractivity contribution in [3.8, 4) is 11.5 Å². The van der Waals surface area contributed by atoms with Gasteiger partial charge in [0.05, 0.1) is 17.6 Å². The van der Waals surface area contributed by atoms with Crippen molar-refractivity contribution in [2.24, 2.45) is 0 Å². The number of fused-ring (bicyclic) bond motifs is 3. The Morgan fingerprint density at radius 1 is 1.27 bits per heavy atom. The van der Waals surface area contributed by atoms with E-state index in [0.717, 1.165) is 12.8 Å². The van der Waals surface area contributed by atoms with Crippen LogP contribution in [0.3, 0.4) is 0 Å². The Hall–Kier alpha value is -2.01. The van der Waals surface area contributed by atoms with E-state index < -0.39 is 6.10 Å². The molecule has 2 unspecified atom stereocenters. The van der Waals surface area contributed by atoms with Crippen molar-refractivity contribution >= 4 is 11.0 Å². The number of aromatic hydroxyl groups is 1. The van der Waals surface area contributed by atoms with Gasteiger partial charge in [-0.2, -0.15) is 0 Å². The first-order valence-electron chi connectivity index (χ1n) is 9.66. The molecule has 1 aromatic heterocycles. The molecule has 3 rings (SSSR count). The van der Waals surface area contributed by atoms with E-state index in [1.165, 1.54) is 19.3 Å². The molecular formula is C21H28O5. The van der Waals surface area contributed by atoms with Gasteiger partial charge in [-0.3, -0.25) is 0 Å². The third-order valence-electron chi connectivity index (χ3n) is 5.14. The Morgan fingerprint density at radius 2 is 2.08 bits per heavy atom. The molecule has 5 nitrogen and oxygen atoms in total. The van der Waals surface area contributed by atoms with Gasteiger partial charge in [0, 0.05) is 17.7 Å². The summed E-state index contributed by atoms with van der Waals surface area (Å²) in [6, 6.07) is 3.24. The van der Waals surface area contributed by atoms with Crippen LogP contribution in [0.15, 0.2) is 21.3 Å². The number of unbranched alkanes of at least 4 members (excludes halogenated alkanes) is 3. The molecule has 0 amide bonds. The molecule has 1 aliphatic carbocycles. The summed E-state index contributed by atoms with van der Waals surface area (Å²) in [5.74, 6) is 0.530. The third kappa shape index (κ3) is 4.04. The lowest BCUT2D eigenvalue weighted by molar-refractivity contribution is 0.158. The number of aliphatic hydroxyl groups is 1. The molecule has 1 aromatic carbocycles. The van der Waals surface area contributed by atoms with Crippen LogP contribution < -0.4 is 10.4 Å². The maximum Gasteiger partial charge on any atom is 0.339 e. The fraction of sp³-hybridized carbons (Fsp3) is 0.571. The number of phenolic OH excluding ortho intramolecular Hbond substituents is 1. The Balaban J connectivity index is 1.85. The van der Waals surface area contributed by atoms with Crippen molar-refractivity contribution < 1.29 is 19.4 Å². The van der Waals surface area contributed by atoms with Gasteiger partial charge in [-0.05, 0) is 44.6 Å². The van der Waals surface area contributed by atoms with Crippen molar-refractivity contribution in [2.75, 3.05) is 0 Å². The summed E-state index contributed by atoms with van der Waals surface area (Å²) in [5.41, 5.74) is 1.20. The average molecular weight is 360 g/mol. The first-order valence-corrected chi connectivity index (χ1v) is 9.66. The highest BCUT2D eigenvalue weighted by atomic mass is 16.5. The Kier molecular flexibility index (Phi) is 5.87. The van der Waals surface area contributed by atoms with Crippen LogP contribution in [0.5, 0.6) is 11.5 Å². The molecule has 0 bridgehead atoms. The summed E-state index contributed by atoms with van der Waals surface area (Å²) in [6.45, 7) is 4.19. The Bertz CT molecular complexity index is 823. The average Bonchev–Trinajstić information content (AvgIpc) is 2.58. The lowest BCUT2D eigenvalue weighted by Crippen LogP contribution is -2.24. The molecule has 0 saturated heterocycles. The van der Waals surface area contributed by atoms with E-state index >= 15 is 0 Å². The summed E-state index contributed by atoms with van der Waals surface area (Å²) >= 11 is 0. The SMILES string of the molecule is CCCCCCC(C)Oc1cc(O)c2c3c(c(=O)oc2c1)CCC(O)C3. The van der Waals surface area contributed by atoms with Crippen LogP contribution in [-0.4, -0.2) is 22.4 Å². The van der Waals surface area contributed by atoms with E-state index in [1.54, 1.807) is 12.1 Å². The minimum Gasteiger partial charge on any atom is -0.507 e. The molecule has 0 spiro atoms. The lowest BCUT2D eigenvalue weighted by Gasteiger charge is -2.21. The summed E-state index contributed by atoms with van der Waals surface area (Å²) in [7, 11) is 0. The molecule has 0 radical (unpaired) electrons. The minimum absolute atomic E-state index is 0.0230. The number of benzene rings is 1. The van der Waals surface area contributed by atoms with E-state index in [-0.39, 0.29) is 17.5 Å². The van der Waals surface area contributed by atoms with Crippen molar-refractivity contribution in [3.05, 3.63) is 33.7 Å². The largest absolute Gasteiger partial charge is 0.507 e. The summed E-state index contributed by atoms with van der Waals surface area (Å²) in [5, 5.41) is 21.0. The standard InChI is InChI=1S/C21H28O5/c1-3-4-5-6-7-13(2)25-15-11-18(23)20-17-10-14(22)8-9-16(17)21(24)26-19(20)12-15/h11-14,22-23H,3-10H2,1-2H3. The second-order valence-corrected chi connectivity index (χ2v) is 7.34. The van der Waals surface area contributed by atoms with Crippen LogP contribution in [-0.2, 0) is 12.8 Å². The summed E-state index contributed by atoms with van der Waals surface area (Å²) in [4.78, 5) is 12.3. The molecule has 1 aliphatic rings. The molecule has 5 heteroatoms. The Labute approximate surface area is 153 Å². The number of aliphatic hydroxyl groups excluding tert-OH is 1. The van der Waals surface area contributed by atoms with Crippen molar-refractivity contribution in [3.63, 3.8) is 0 Å². The van der Waals surface area contributed by atoms with Crippen LogP contribution >= 0.6 is 0 Å². The third-order valence-corrected chi connectivity index (χ3v) is 5.14. The maximum absolute atomic E-state index is 12.3. The van der Waals surface area contributed by atoms with Gasteiger partial charge in [0.25, 0.3) is 0 Å². The number of phenols is 1. The summed E-state index contributed by atoms with van der Waals surface area (Å²) in [6.07, 6.45) is 6.57. The van der Waals surface area contributed by atoms with Crippen LogP contribution in [0.2, 0.25) is 0 Å². The zero-order chi connectivity index (χ0) is 18.7. The molecule has 0 aliphatic heterocycles. The molecule has 2 atom stereocenters. The van der Waals surface area contributed by atoms with Gasteiger partial charge in [-0.1, -0.05) is 26.2 Å². The van der Waals surface area contributed by atoms with E-state index in [0.29, 0.717) is 47.1 Å². The monoisotopic (exact) mass is 360 g/mol. The Morgan fingerprint density at radius 3 is 2.85 bits per heavy atom. The number of hydrogen-bond donors (Lipinski definition) is 2. The fourth-order valence-corrected chi connectivity index (χ4v) is 3.74. The second kappa shape index (κ2) is 8.12. The normalized spacial score (nSPS) is 17.9. The zero-order valence-corrected chi connectivity index (χ0v) is 15.6.